The van der Waals surface area contributed by atoms with Gasteiger partial charge in [-0.2, -0.15) is 0 Å². The van der Waals surface area contributed by atoms with Gasteiger partial charge in [-0.3, -0.25) is 9.59 Å². The highest BCUT2D eigenvalue weighted by Gasteiger charge is 2.12. The highest BCUT2D eigenvalue weighted by molar-refractivity contribution is 6.01. The molecule has 0 aromatic heterocycles. The molecule has 98 valence electrons. The van der Waals surface area contributed by atoms with Crippen molar-refractivity contribution in [2.45, 2.75) is 32.8 Å². The maximum absolute atomic E-state index is 11.2. The number of rotatable bonds is 4. The quantitative estimate of drug-likeness (QED) is 0.805. The van der Waals surface area contributed by atoms with Crippen molar-refractivity contribution in [1.82, 2.24) is 0 Å². The SMILES string of the molecule is CC(C)(C)Oc1ccc(NC(=O)CC(=O)O)cc1. The van der Waals surface area contributed by atoms with Crippen LogP contribution in [0.1, 0.15) is 27.2 Å². The van der Waals surface area contributed by atoms with Gasteiger partial charge in [0.2, 0.25) is 5.91 Å². The Kier molecular flexibility index (Phi) is 4.31. The van der Waals surface area contributed by atoms with Gasteiger partial charge in [0, 0.05) is 5.69 Å². The van der Waals surface area contributed by atoms with Crippen LogP contribution < -0.4 is 10.1 Å². The fourth-order valence-corrected chi connectivity index (χ4v) is 1.30. The van der Waals surface area contributed by atoms with E-state index in [0.717, 1.165) is 0 Å². The fraction of sp³-hybridized carbons (Fsp3) is 0.385. The number of ether oxygens (including phenoxy) is 1. The Morgan fingerprint density at radius 1 is 1.22 bits per heavy atom. The molecular formula is C13H17NO4. The summed E-state index contributed by atoms with van der Waals surface area (Å²) >= 11 is 0. The first kappa shape index (κ1) is 14.0. The largest absolute Gasteiger partial charge is 0.488 e. The zero-order valence-electron chi connectivity index (χ0n) is 10.7. The highest BCUT2D eigenvalue weighted by atomic mass is 16.5. The van der Waals surface area contributed by atoms with E-state index in [-0.39, 0.29) is 5.60 Å². The summed E-state index contributed by atoms with van der Waals surface area (Å²) in [7, 11) is 0. The van der Waals surface area contributed by atoms with Crippen LogP contribution in [-0.4, -0.2) is 22.6 Å². The molecule has 1 amide bonds. The number of nitrogens with one attached hydrogen (secondary N) is 1. The van der Waals surface area contributed by atoms with Crippen molar-refractivity contribution in [3.63, 3.8) is 0 Å². The molecule has 0 bridgehead atoms. The Balaban J connectivity index is 2.60. The number of hydrogen-bond donors (Lipinski definition) is 2. The van der Waals surface area contributed by atoms with Gasteiger partial charge >= 0.3 is 5.97 Å². The van der Waals surface area contributed by atoms with Crippen LogP contribution >= 0.6 is 0 Å². The van der Waals surface area contributed by atoms with E-state index in [1.807, 2.05) is 20.8 Å². The second kappa shape index (κ2) is 5.53. The number of carboxylic acids is 1. The van der Waals surface area contributed by atoms with Crippen LogP contribution in [0.3, 0.4) is 0 Å². The van der Waals surface area contributed by atoms with E-state index < -0.39 is 18.3 Å². The summed E-state index contributed by atoms with van der Waals surface area (Å²) in [6, 6.07) is 6.78. The lowest BCUT2D eigenvalue weighted by Gasteiger charge is -2.21. The molecule has 5 heteroatoms. The number of aliphatic carboxylic acids is 1. The number of carboxylic acid groups (broad SMARTS) is 1. The minimum atomic E-state index is -1.15. The Labute approximate surface area is 106 Å². The number of benzene rings is 1. The van der Waals surface area contributed by atoms with E-state index in [0.29, 0.717) is 11.4 Å². The third-order valence-electron chi connectivity index (χ3n) is 1.87. The van der Waals surface area contributed by atoms with Gasteiger partial charge in [0.25, 0.3) is 0 Å². The zero-order valence-corrected chi connectivity index (χ0v) is 10.7. The number of hydrogen-bond acceptors (Lipinski definition) is 3. The molecule has 0 aliphatic carbocycles. The molecule has 0 aliphatic rings. The lowest BCUT2D eigenvalue weighted by atomic mass is 10.2. The van der Waals surface area contributed by atoms with E-state index in [4.69, 9.17) is 9.84 Å². The summed E-state index contributed by atoms with van der Waals surface area (Å²) in [5.74, 6) is -1.01. The van der Waals surface area contributed by atoms with Gasteiger partial charge in [-0.05, 0) is 45.0 Å². The van der Waals surface area contributed by atoms with Crippen molar-refractivity contribution in [1.29, 1.82) is 0 Å². The second-order valence-electron chi connectivity index (χ2n) is 4.86. The summed E-state index contributed by atoms with van der Waals surface area (Å²) < 4.78 is 5.62. The molecule has 0 saturated heterocycles. The summed E-state index contributed by atoms with van der Waals surface area (Å²) in [6.45, 7) is 5.82. The zero-order chi connectivity index (χ0) is 13.8. The molecule has 18 heavy (non-hydrogen) atoms. The molecule has 0 fully saturated rings. The molecule has 2 N–H and O–H groups in total. The Morgan fingerprint density at radius 2 is 1.78 bits per heavy atom. The van der Waals surface area contributed by atoms with Crippen LogP contribution in [0.4, 0.5) is 5.69 Å². The predicted molar refractivity (Wildman–Crippen MR) is 67.7 cm³/mol. The summed E-state index contributed by atoms with van der Waals surface area (Å²) in [5.41, 5.74) is 0.260. The van der Waals surface area contributed by atoms with Crippen LogP contribution in [0.15, 0.2) is 24.3 Å². The average molecular weight is 251 g/mol. The van der Waals surface area contributed by atoms with Crippen molar-refractivity contribution in [2.75, 3.05) is 5.32 Å². The molecule has 1 aromatic rings. The monoisotopic (exact) mass is 251 g/mol. The Morgan fingerprint density at radius 3 is 2.22 bits per heavy atom. The van der Waals surface area contributed by atoms with Crippen molar-refractivity contribution in [3.8, 4) is 5.75 Å². The predicted octanol–water partition coefficient (Wildman–Crippen LogP) is 2.28. The molecule has 5 nitrogen and oxygen atoms in total. The normalized spacial score (nSPS) is 10.8. The fourth-order valence-electron chi connectivity index (χ4n) is 1.30. The van der Waals surface area contributed by atoms with E-state index >= 15 is 0 Å². The molecule has 0 aliphatic heterocycles. The molecule has 0 heterocycles. The van der Waals surface area contributed by atoms with E-state index in [2.05, 4.69) is 5.32 Å². The van der Waals surface area contributed by atoms with Gasteiger partial charge in [-0.15, -0.1) is 0 Å². The smallest absolute Gasteiger partial charge is 0.312 e. The highest BCUT2D eigenvalue weighted by Crippen LogP contribution is 2.20. The van der Waals surface area contributed by atoms with Gasteiger partial charge in [0.15, 0.2) is 0 Å². The van der Waals surface area contributed by atoms with Crippen molar-refractivity contribution in [3.05, 3.63) is 24.3 Å². The molecule has 0 spiro atoms. The van der Waals surface area contributed by atoms with Gasteiger partial charge in [-0.1, -0.05) is 0 Å². The summed E-state index contributed by atoms with van der Waals surface area (Å²) in [4.78, 5) is 21.5. The third kappa shape index (κ3) is 5.34. The van der Waals surface area contributed by atoms with Gasteiger partial charge < -0.3 is 15.2 Å². The first-order valence-electron chi connectivity index (χ1n) is 5.57. The molecule has 0 atom stereocenters. The molecule has 0 unspecified atom stereocenters. The van der Waals surface area contributed by atoms with Gasteiger partial charge in [-0.25, -0.2) is 0 Å². The maximum Gasteiger partial charge on any atom is 0.312 e. The maximum atomic E-state index is 11.2. The van der Waals surface area contributed by atoms with Crippen LogP contribution in [0, 0.1) is 0 Å². The number of carbonyl (C=O) groups is 2. The first-order valence-corrected chi connectivity index (χ1v) is 5.57. The number of carbonyl (C=O) groups excluding carboxylic acids is 1. The summed E-state index contributed by atoms with van der Waals surface area (Å²) in [5, 5.41) is 10.9. The Hall–Kier alpha value is -2.04. The van der Waals surface area contributed by atoms with Crippen LogP contribution in [0.2, 0.25) is 0 Å². The van der Waals surface area contributed by atoms with E-state index in [1.54, 1.807) is 24.3 Å². The first-order chi connectivity index (χ1) is 8.26. The average Bonchev–Trinajstić information content (AvgIpc) is 2.17. The standard InChI is InChI=1S/C13H17NO4/c1-13(2,3)18-10-6-4-9(5-7-10)14-11(15)8-12(16)17/h4-7H,8H2,1-3H3,(H,14,15)(H,16,17). The second-order valence-corrected chi connectivity index (χ2v) is 4.86. The Bertz CT molecular complexity index is 431. The third-order valence-corrected chi connectivity index (χ3v) is 1.87. The van der Waals surface area contributed by atoms with Gasteiger partial charge in [0.1, 0.15) is 17.8 Å². The van der Waals surface area contributed by atoms with Crippen molar-refractivity contribution < 1.29 is 19.4 Å². The lowest BCUT2D eigenvalue weighted by molar-refractivity contribution is -0.139. The topological polar surface area (TPSA) is 75.6 Å². The van der Waals surface area contributed by atoms with E-state index in [1.165, 1.54) is 0 Å². The summed E-state index contributed by atoms with van der Waals surface area (Å²) in [6.07, 6.45) is -0.541. The lowest BCUT2D eigenvalue weighted by Crippen LogP contribution is -2.22. The van der Waals surface area contributed by atoms with Crippen LogP contribution in [0.5, 0.6) is 5.75 Å². The number of anilines is 1. The molecule has 0 radical (unpaired) electrons. The minimum Gasteiger partial charge on any atom is -0.488 e. The van der Waals surface area contributed by atoms with Gasteiger partial charge in [0.05, 0.1) is 0 Å². The molecule has 1 rings (SSSR count). The number of amides is 1. The molecule has 1 aromatic carbocycles. The minimum absolute atomic E-state index is 0.284. The molecular weight excluding hydrogens is 234 g/mol. The van der Waals surface area contributed by atoms with Crippen molar-refractivity contribution >= 4 is 17.6 Å². The van der Waals surface area contributed by atoms with E-state index in [9.17, 15) is 9.59 Å². The molecule has 0 saturated carbocycles. The van der Waals surface area contributed by atoms with Crippen LogP contribution in [0.25, 0.3) is 0 Å². The van der Waals surface area contributed by atoms with Crippen molar-refractivity contribution in [2.24, 2.45) is 0 Å². The van der Waals surface area contributed by atoms with Crippen LogP contribution in [-0.2, 0) is 9.59 Å².